The molecule has 0 saturated carbocycles. The van der Waals surface area contributed by atoms with E-state index in [0.717, 1.165) is 11.1 Å². The van der Waals surface area contributed by atoms with Crippen LogP contribution >= 0.6 is 0 Å². The topological polar surface area (TPSA) is 29.5 Å². The number of alkyl halides is 1. The molecule has 2 nitrogen and oxygen atoms in total. The Kier molecular flexibility index (Phi) is 4.65. The van der Waals surface area contributed by atoms with Crippen LogP contribution in [0, 0.1) is 18.8 Å². The molecule has 80 valence electrons. The predicted octanol–water partition coefficient (Wildman–Crippen LogP) is 1.69. The van der Waals surface area contributed by atoms with Gasteiger partial charge in [0, 0.05) is 5.56 Å². The number of aliphatic hydroxyl groups excluding tert-OH is 1. The van der Waals surface area contributed by atoms with Crippen molar-refractivity contribution in [1.82, 2.24) is 0 Å². The van der Waals surface area contributed by atoms with E-state index in [9.17, 15) is 4.39 Å². The van der Waals surface area contributed by atoms with Crippen LogP contribution in [-0.2, 0) is 0 Å². The number of aryl methyl sites for hydroxylation is 1. The molecule has 1 aromatic rings. The minimum absolute atomic E-state index is 0.0705. The van der Waals surface area contributed by atoms with Crippen molar-refractivity contribution in [3.05, 3.63) is 29.3 Å². The molecular weight excluding hydrogens is 195 g/mol. The van der Waals surface area contributed by atoms with Gasteiger partial charge in [-0.2, -0.15) is 0 Å². The Bertz CT molecular complexity index is 377. The van der Waals surface area contributed by atoms with Crippen molar-refractivity contribution in [3.8, 4) is 17.6 Å². The minimum atomic E-state index is -0.495. The second kappa shape index (κ2) is 6.05. The van der Waals surface area contributed by atoms with Crippen molar-refractivity contribution in [1.29, 1.82) is 0 Å². The van der Waals surface area contributed by atoms with E-state index >= 15 is 0 Å². The molecular formula is C12H13FO2. The van der Waals surface area contributed by atoms with Crippen LogP contribution in [-0.4, -0.2) is 25.0 Å². The van der Waals surface area contributed by atoms with Crippen LogP contribution < -0.4 is 4.74 Å². The standard InChI is InChI=1S/C12H13FO2/c1-10-9-12(15-8-6-13)5-4-11(10)3-2-7-14/h4-5,9,14H,6-8H2,1H3. The van der Waals surface area contributed by atoms with Crippen molar-refractivity contribution in [2.24, 2.45) is 0 Å². The van der Waals surface area contributed by atoms with Crippen LogP contribution in [0.3, 0.4) is 0 Å². The molecule has 0 spiro atoms. The Morgan fingerprint density at radius 1 is 1.47 bits per heavy atom. The summed E-state index contributed by atoms with van der Waals surface area (Å²) in [4.78, 5) is 0. The van der Waals surface area contributed by atoms with Gasteiger partial charge in [0.2, 0.25) is 0 Å². The van der Waals surface area contributed by atoms with E-state index in [0.29, 0.717) is 5.75 Å². The zero-order chi connectivity index (χ0) is 11.1. The lowest BCUT2D eigenvalue weighted by Crippen LogP contribution is -1.99. The van der Waals surface area contributed by atoms with Crippen LogP contribution in [0.15, 0.2) is 18.2 Å². The lowest BCUT2D eigenvalue weighted by Gasteiger charge is -2.05. The van der Waals surface area contributed by atoms with E-state index in [4.69, 9.17) is 9.84 Å². The Morgan fingerprint density at radius 3 is 2.87 bits per heavy atom. The number of halogens is 1. The zero-order valence-electron chi connectivity index (χ0n) is 8.59. The van der Waals surface area contributed by atoms with Gasteiger partial charge < -0.3 is 9.84 Å². The highest BCUT2D eigenvalue weighted by Crippen LogP contribution is 2.16. The maximum atomic E-state index is 11.9. The fourth-order valence-electron chi connectivity index (χ4n) is 1.16. The van der Waals surface area contributed by atoms with Crippen molar-refractivity contribution >= 4 is 0 Å². The van der Waals surface area contributed by atoms with Crippen LogP contribution in [0.25, 0.3) is 0 Å². The first-order chi connectivity index (χ1) is 7.27. The highest BCUT2D eigenvalue weighted by molar-refractivity contribution is 5.44. The summed E-state index contributed by atoms with van der Waals surface area (Å²) in [5, 5.41) is 8.55. The molecule has 0 aliphatic carbocycles. The van der Waals surface area contributed by atoms with Gasteiger partial charge in [0.25, 0.3) is 0 Å². The molecule has 1 aromatic carbocycles. The smallest absolute Gasteiger partial charge is 0.123 e. The first-order valence-corrected chi connectivity index (χ1v) is 4.67. The Balaban J connectivity index is 2.78. The summed E-state index contributed by atoms with van der Waals surface area (Å²) >= 11 is 0. The van der Waals surface area contributed by atoms with Gasteiger partial charge in [-0.05, 0) is 30.7 Å². The van der Waals surface area contributed by atoms with Gasteiger partial charge in [0.15, 0.2) is 0 Å². The largest absolute Gasteiger partial charge is 0.491 e. The number of hydrogen-bond acceptors (Lipinski definition) is 2. The molecule has 3 heteroatoms. The van der Waals surface area contributed by atoms with Gasteiger partial charge in [-0.3, -0.25) is 0 Å². The number of aliphatic hydroxyl groups is 1. The highest BCUT2D eigenvalue weighted by atomic mass is 19.1. The van der Waals surface area contributed by atoms with E-state index in [2.05, 4.69) is 11.8 Å². The lowest BCUT2D eigenvalue weighted by molar-refractivity contribution is 0.273. The zero-order valence-corrected chi connectivity index (χ0v) is 8.59. The second-order valence-corrected chi connectivity index (χ2v) is 2.97. The molecule has 0 atom stereocenters. The Labute approximate surface area is 88.7 Å². The molecule has 0 amide bonds. The quantitative estimate of drug-likeness (QED) is 0.766. The predicted molar refractivity (Wildman–Crippen MR) is 56.6 cm³/mol. The molecule has 1 N–H and O–H groups in total. The SMILES string of the molecule is Cc1cc(OCCF)ccc1C#CCO. The highest BCUT2D eigenvalue weighted by Gasteiger charge is 1.98. The van der Waals surface area contributed by atoms with Crippen molar-refractivity contribution in [3.63, 3.8) is 0 Å². The third kappa shape index (κ3) is 3.61. The fourth-order valence-corrected chi connectivity index (χ4v) is 1.16. The molecule has 0 heterocycles. The second-order valence-electron chi connectivity index (χ2n) is 2.97. The number of ether oxygens (including phenoxy) is 1. The average molecular weight is 208 g/mol. The maximum absolute atomic E-state index is 11.9. The molecule has 0 radical (unpaired) electrons. The third-order valence-electron chi connectivity index (χ3n) is 1.85. The monoisotopic (exact) mass is 208 g/mol. The van der Waals surface area contributed by atoms with E-state index in [1.165, 1.54) is 0 Å². The molecule has 0 aliphatic heterocycles. The van der Waals surface area contributed by atoms with E-state index in [1.54, 1.807) is 18.2 Å². The van der Waals surface area contributed by atoms with Crippen molar-refractivity contribution in [2.45, 2.75) is 6.92 Å². The summed E-state index contributed by atoms with van der Waals surface area (Å²) in [5.41, 5.74) is 1.80. The number of hydrogen-bond donors (Lipinski definition) is 1. The third-order valence-corrected chi connectivity index (χ3v) is 1.85. The minimum Gasteiger partial charge on any atom is -0.491 e. The summed E-state index contributed by atoms with van der Waals surface area (Å²) in [5.74, 6) is 6.03. The summed E-state index contributed by atoms with van der Waals surface area (Å²) < 4.78 is 17.0. The molecule has 0 aliphatic rings. The van der Waals surface area contributed by atoms with E-state index in [-0.39, 0.29) is 13.2 Å². The molecule has 0 fully saturated rings. The summed E-state index contributed by atoms with van der Waals surface area (Å²) in [7, 11) is 0. The van der Waals surface area contributed by atoms with Crippen LogP contribution in [0.4, 0.5) is 4.39 Å². The van der Waals surface area contributed by atoms with E-state index in [1.807, 2.05) is 6.92 Å². The van der Waals surface area contributed by atoms with Gasteiger partial charge >= 0.3 is 0 Å². The molecule has 1 rings (SSSR count). The Hall–Kier alpha value is -1.53. The molecule has 0 aromatic heterocycles. The first kappa shape index (κ1) is 11.5. The maximum Gasteiger partial charge on any atom is 0.123 e. The van der Waals surface area contributed by atoms with Crippen LogP contribution in [0.2, 0.25) is 0 Å². The fraction of sp³-hybridized carbons (Fsp3) is 0.333. The van der Waals surface area contributed by atoms with Crippen molar-refractivity contribution < 1.29 is 14.2 Å². The Morgan fingerprint density at radius 2 is 2.27 bits per heavy atom. The summed E-state index contributed by atoms with van der Waals surface area (Å²) in [6.07, 6.45) is 0. The van der Waals surface area contributed by atoms with E-state index < -0.39 is 6.67 Å². The van der Waals surface area contributed by atoms with Gasteiger partial charge in [-0.1, -0.05) is 11.8 Å². The van der Waals surface area contributed by atoms with Gasteiger partial charge in [-0.25, -0.2) is 4.39 Å². The molecule has 0 bridgehead atoms. The average Bonchev–Trinajstić information content (AvgIpc) is 2.25. The van der Waals surface area contributed by atoms with Crippen molar-refractivity contribution in [2.75, 3.05) is 19.9 Å². The van der Waals surface area contributed by atoms with Crippen LogP contribution in [0.5, 0.6) is 5.75 Å². The number of benzene rings is 1. The summed E-state index contributed by atoms with van der Waals surface area (Å²) in [6, 6.07) is 5.34. The van der Waals surface area contributed by atoms with Gasteiger partial charge in [-0.15, -0.1) is 0 Å². The lowest BCUT2D eigenvalue weighted by atomic mass is 10.1. The normalized spacial score (nSPS) is 9.27. The van der Waals surface area contributed by atoms with Crippen LogP contribution in [0.1, 0.15) is 11.1 Å². The van der Waals surface area contributed by atoms with Gasteiger partial charge in [0.05, 0.1) is 0 Å². The molecule has 0 saturated heterocycles. The number of rotatable bonds is 3. The molecule has 15 heavy (non-hydrogen) atoms. The first-order valence-electron chi connectivity index (χ1n) is 4.67. The summed E-state index contributed by atoms with van der Waals surface area (Å²) in [6.45, 7) is 1.31. The molecule has 0 unspecified atom stereocenters. The van der Waals surface area contributed by atoms with Gasteiger partial charge in [0.1, 0.15) is 25.6 Å².